The van der Waals surface area contributed by atoms with Crippen molar-refractivity contribution in [3.05, 3.63) is 46.9 Å². The van der Waals surface area contributed by atoms with Gasteiger partial charge in [-0.15, -0.1) is 0 Å². The lowest BCUT2D eigenvalue weighted by molar-refractivity contribution is -0.135. The number of anilines is 1. The molecule has 1 aromatic heterocycles. The molecule has 1 aromatic carbocycles. The smallest absolute Gasteiger partial charge is 0.233 e. The van der Waals surface area contributed by atoms with Crippen molar-refractivity contribution in [3.63, 3.8) is 0 Å². The second-order valence-corrected chi connectivity index (χ2v) is 7.93. The molecule has 2 aromatic rings. The van der Waals surface area contributed by atoms with Gasteiger partial charge < -0.3 is 9.64 Å². The average molecular weight is 409 g/mol. The third-order valence-corrected chi connectivity index (χ3v) is 5.99. The van der Waals surface area contributed by atoms with Gasteiger partial charge in [-0.2, -0.15) is 0 Å². The SMILES string of the molecule is CCC(=O)N1CCCC[C@H]1c1nc(C)c2c(n1)N(Cc1cccc(OC)c1)C(=O)C2. The van der Waals surface area contributed by atoms with Gasteiger partial charge in [0.25, 0.3) is 0 Å². The van der Waals surface area contributed by atoms with Crippen molar-refractivity contribution >= 4 is 17.6 Å². The summed E-state index contributed by atoms with van der Waals surface area (Å²) in [5, 5.41) is 0. The fourth-order valence-corrected chi connectivity index (χ4v) is 4.36. The highest BCUT2D eigenvalue weighted by Gasteiger charge is 2.35. The summed E-state index contributed by atoms with van der Waals surface area (Å²) in [7, 11) is 1.63. The standard InChI is InChI=1S/C23H28N4O3/c1-4-20(28)26-11-6-5-10-19(26)22-24-15(2)18-13-21(29)27(23(18)25-22)14-16-8-7-9-17(12-16)30-3/h7-9,12,19H,4-6,10-11,13-14H2,1-3H3/t19-/m0/s1. The minimum absolute atomic E-state index is 0.0208. The predicted octanol–water partition coefficient (Wildman–Crippen LogP) is 3.35. The molecule has 0 spiro atoms. The molecule has 1 fully saturated rings. The first-order valence-corrected chi connectivity index (χ1v) is 10.6. The maximum atomic E-state index is 12.8. The zero-order valence-corrected chi connectivity index (χ0v) is 17.9. The number of hydrogen-bond acceptors (Lipinski definition) is 5. The lowest BCUT2D eigenvalue weighted by Gasteiger charge is -2.35. The van der Waals surface area contributed by atoms with E-state index in [1.165, 1.54) is 0 Å². The second-order valence-electron chi connectivity index (χ2n) is 7.93. The van der Waals surface area contributed by atoms with E-state index in [-0.39, 0.29) is 17.9 Å². The van der Waals surface area contributed by atoms with E-state index in [2.05, 4.69) is 0 Å². The van der Waals surface area contributed by atoms with E-state index in [0.717, 1.165) is 48.4 Å². The molecule has 0 saturated carbocycles. The summed E-state index contributed by atoms with van der Waals surface area (Å²) in [6, 6.07) is 7.59. The first-order valence-electron chi connectivity index (χ1n) is 10.6. The number of ether oxygens (including phenoxy) is 1. The molecule has 30 heavy (non-hydrogen) atoms. The summed E-state index contributed by atoms with van der Waals surface area (Å²) in [5.41, 5.74) is 2.69. The Hall–Kier alpha value is -2.96. The zero-order chi connectivity index (χ0) is 21.3. The minimum Gasteiger partial charge on any atom is -0.497 e. The molecule has 158 valence electrons. The van der Waals surface area contributed by atoms with Gasteiger partial charge in [0.1, 0.15) is 11.6 Å². The van der Waals surface area contributed by atoms with Crippen LogP contribution in [-0.2, 0) is 22.6 Å². The number of piperidine rings is 1. The summed E-state index contributed by atoms with van der Waals surface area (Å²) in [6.07, 6.45) is 3.69. The first kappa shape index (κ1) is 20.3. The highest BCUT2D eigenvalue weighted by molar-refractivity contribution is 6.00. The van der Waals surface area contributed by atoms with Crippen LogP contribution >= 0.6 is 0 Å². The van der Waals surface area contributed by atoms with Crippen LogP contribution in [0.1, 0.15) is 61.3 Å². The molecule has 1 saturated heterocycles. The van der Waals surface area contributed by atoms with Gasteiger partial charge in [-0.3, -0.25) is 14.5 Å². The number of methoxy groups -OCH3 is 1. The van der Waals surface area contributed by atoms with E-state index in [9.17, 15) is 9.59 Å². The Bertz CT molecular complexity index is 975. The number of hydrogen-bond donors (Lipinski definition) is 0. The molecule has 4 rings (SSSR count). The van der Waals surface area contributed by atoms with Crippen molar-refractivity contribution in [2.24, 2.45) is 0 Å². The van der Waals surface area contributed by atoms with Crippen molar-refractivity contribution in [2.75, 3.05) is 18.6 Å². The van der Waals surface area contributed by atoms with Gasteiger partial charge in [-0.05, 0) is 43.9 Å². The van der Waals surface area contributed by atoms with Gasteiger partial charge in [-0.1, -0.05) is 19.1 Å². The van der Waals surface area contributed by atoms with Crippen LogP contribution in [0.2, 0.25) is 0 Å². The number of fused-ring (bicyclic) bond motifs is 1. The Labute approximate surface area is 177 Å². The summed E-state index contributed by atoms with van der Waals surface area (Å²) < 4.78 is 5.31. The van der Waals surface area contributed by atoms with Gasteiger partial charge >= 0.3 is 0 Å². The highest BCUT2D eigenvalue weighted by atomic mass is 16.5. The lowest BCUT2D eigenvalue weighted by atomic mass is 10.0. The van der Waals surface area contributed by atoms with Gasteiger partial charge in [0.05, 0.1) is 26.1 Å². The Morgan fingerprint density at radius 2 is 2.10 bits per heavy atom. The topological polar surface area (TPSA) is 75.6 Å². The van der Waals surface area contributed by atoms with Gasteiger partial charge in [0.2, 0.25) is 11.8 Å². The summed E-state index contributed by atoms with van der Waals surface area (Å²) in [6.45, 7) is 4.99. The summed E-state index contributed by atoms with van der Waals surface area (Å²) in [4.78, 5) is 38.5. The van der Waals surface area contributed by atoms with Crippen LogP contribution in [0.15, 0.2) is 24.3 Å². The fourth-order valence-electron chi connectivity index (χ4n) is 4.36. The number of carbonyl (C=O) groups excluding carboxylic acids is 2. The van der Waals surface area contributed by atoms with E-state index in [1.54, 1.807) is 12.0 Å². The number of amides is 2. The molecule has 0 aliphatic carbocycles. The van der Waals surface area contributed by atoms with Gasteiger partial charge in [0, 0.05) is 24.2 Å². The van der Waals surface area contributed by atoms with Crippen molar-refractivity contribution in [1.29, 1.82) is 0 Å². The molecule has 2 amide bonds. The predicted molar refractivity (Wildman–Crippen MR) is 113 cm³/mol. The van der Waals surface area contributed by atoms with Crippen LogP contribution < -0.4 is 9.64 Å². The zero-order valence-electron chi connectivity index (χ0n) is 17.9. The monoisotopic (exact) mass is 408 g/mol. The summed E-state index contributed by atoms with van der Waals surface area (Å²) >= 11 is 0. The molecule has 0 N–H and O–H groups in total. The van der Waals surface area contributed by atoms with Crippen LogP contribution in [-0.4, -0.2) is 40.3 Å². The molecule has 7 nitrogen and oxygen atoms in total. The number of rotatable bonds is 5. The molecule has 7 heteroatoms. The van der Waals surface area contributed by atoms with Gasteiger partial charge in [-0.25, -0.2) is 9.97 Å². The van der Waals surface area contributed by atoms with Crippen LogP contribution in [0.3, 0.4) is 0 Å². The maximum Gasteiger partial charge on any atom is 0.233 e. The first-order chi connectivity index (χ1) is 14.5. The molecule has 2 aliphatic heterocycles. The van der Waals surface area contributed by atoms with Crippen LogP contribution in [0.5, 0.6) is 5.75 Å². The molecular formula is C23H28N4O3. The van der Waals surface area contributed by atoms with Crippen LogP contribution in [0.4, 0.5) is 5.82 Å². The number of aromatic nitrogens is 2. The summed E-state index contributed by atoms with van der Waals surface area (Å²) in [5.74, 6) is 2.24. The van der Waals surface area contributed by atoms with E-state index in [0.29, 0.717) is 31.0 Å². The van der Waals surface area contributed by atoms with E-state index < -0.39 is 0 Å². The van der Waals surface area contributed by atoms with Crippen molar-refractivity contribution in [2.45, 2.75) is 58.5 Å². The van der Waals surface area contributed by atoms with E-state index >= 15 is 0 Å². The molecular weight excluding hydrogens is 380 g/mol. The van der Waals surface area contributed by atoms with E-state index in [4.69, 9.17) is 14.7 Å². The minimum atomic E-state index is -0.121. The quantitative estimate of drug-likeness (QED) is 0.758. The number of benzene rings is 1. The van der Waals surface area contributed by atoms with E-state index in [1.807, 2.05) is 43.0 Å². The Balaban J connectivity index is 1.68. The number of carbonyl (C=O) groups is 2. The fraction of sp³-hybridized carbons (Fsp3) is 0.478. The largest absolute Gasteiger partial charge is 0.497 e. The second kappa shape index (κ2) is 8.42. The maximum absolute atomic E-state index is 12.8. The van der Waals surface area contributed by atoms with Crippen LogP contribution in [0, 0.1) is 6.92 Å². The van der Waals surface area contributed by atoms with Crippen molar-refractivity contribution < 1.29 is 14.3 Å². The lowest BCUT2D eigenvalue weighted by Crippen LogP contribution is -2.39. The third kappa shape index (κ3) is 3.76. The molecule has 3 heterocycles. The van der Waals surface area contributed by atoms with Crippen molar-refractivity contribution in [1.82, 2.24) is 14.9 Å². The Kier molecular flexibility index (Phi) is 5.70. The molecule has 0 bridgehead atoms. The number of likely N-dealkylation sites (tertiary alicyclic amines) is 1. The number of aryl methyl sites for hydroxylation is 1. The highest BCUT2D eigenvalue weighted by Crippen LogP contribution is 2.35. The Morgan fingerprint density at radius 1 is 1.27 bits per heavy atom. The molecule has 0 radical (unpaired) electrons. The molecule has 0 unspecified atom stereocenters. The Morgan fingerprint density at radius 3 is 2.87 bits per heavy atom. The molecule has 1 atom stereocenters. The number of nitrogens with zero attached hydrogens (tertiary/aromatic N) is 4. The van der Waals surface area contributed by atoms with Crippen molar-refractivity contribution in [3.8, 4) is 5.75 Å². The normalized spacial score (nSPS) is 18.5. The average Bonchev–Trinajstić information content (AvgIpc) is 3.09. The third-order valence-electron chi connectivity index (χ3n) is 5.99. The molecule has 2 aliphatic rings. The van der Waals surface area contributed by atoms with Gasteiger partial charge in [0.15, 0.2) is 5.82 Å². The van der Waals surface area contributed by atoms with Crippen LogP contribution in [0.25, 0.3) is 0 Å².